The highest BCUT2D eigenvalue weighted by atomic mass is 16.3. The molecule has 1 aliphatic rings. The maximum atomic E-state index is 11.7. The number of rotatable bonds is 1. The Morgan fingerprint density at radius 2 is 2.33 bits per heavy atom. The third-order valence-electron chi connectivity index (χ3n) is 2.70. The lowest BCUT2D eigenvalue weighted by atomic mass is 10.1. The van der Waals surface area contributed by atoms with E-state index in [0.717, 1.165) is 6.42 Å². The monoisotopic (exact) mass is 209 g/mol. The number of pyridine rings is 1. The van der Waals surface area contributed by atoms with Gasteiger partial charge in [0.1, 0.15) is 0 Å². The number of nitrogens with one attached hydrogen (secondary N) is 1. The van der Waals surface area contributed by atoms with Gasteiger partial charge in [0, 0.05) is 12.7 Å². The summed E-state index contributed by atoms with van der Waals surface area (Å²) in [5.41, 5.74) is 5.62. The first kappa shape index (κ1) is 10.2. The summed E-state index contributed by atoms with van der Waals surface area (Å²) in [6.07, 6.45) is 2.81. The predicted molar refractivity (Wildman–Crippen MR) is 57.4 cm³/mol. The van der Waals surface area contributed by atoms with Crippen LogP contribution in [0.2, 0.25) is 0 Å². The lowest BCUT2D eigenvalue weighted by Gasteiger charge is -2.28. The Balaban J connectivity index is 2.23. The molecular weight excluding hydrogens is 194 g/mol. The fourth-order valence-electron chi connectivity index (χ4n) is 1.84. The Hall–Kier alpha value is -1.33. The van der Waals surface area contributed by atoms with Gasteiger partial charge in [-0.25, -0.2) is 0 Å². The topological polar surface area (TPSA) is 80.3 Å². The van der Waals surface area contributed by atoms with Gasteiger partial charge in [-0.1, -0.05) is 0 Å². The SMILES string of the molecule is Nc1cccn([C@H]2CC[C@H](O)CN2)c1=O. The minimum absolute atomic E-state index is 0.0515. The number of hydrogen-bond donors (Lipinski definition) is 3. The van der Waals surface area contributed by atoms with Crippen LogP contribution < -0.4 is 16.6 Å². The largest absolute Gasteiger partial charge is 0.394 e. The molecule has 0 bridgehead atoms. The van der Waals surface area contributed by atoms with Gasteiger partial charge in [-0.3, -0.25) is 14.7 Å². The number of hydrogen-bond acceptors (Lipinski definition) is 4. The summed E-state index contributed by atoms with van der Waals surface area (Å²) in [6, 6.07) is 3.35. The Morgan fingerprint density at radius 3 is 3.00 bits per heavy atom. The molecule has 5 nitrogen and oxygen atoms in total. The van der Waals surface area contributed by atoms with Crippen LogP contribution >= 0.6 is 0 Å². The zero-order valence-electron chi connectivity index (χ0n) is 8.39. The molecule has 82 valence electrons. The summed E-state index contributed by atoms with van der Waals surface area (Å²) in [4.78, 5) is 11.7. The molecule has 15 heavy (non-hydrogen) atoms. The number of aliphatic hydroxyl groups excluding tert-OH is 1. The van der Waals surface area contributed by atoms with Crippen molar-refractivity contribution in [2.24, 2.45) is 0 Å². The first-order valence-corrected chi connectivity index (χ1v) is 5.06. The maximum absolute atomic E-state index is 11.7. The van der Waals surface area contributed by atoms with Gasteiger partial charge in [0.2, 0.25) is 0 Å². The normalized spacial score (nSPS) is 26.5. The molecular formula is C10H15N3O2. The van der Waals surface area contributed by atoms with Crippen LogP contribution in [0.15, 0.2) is 23.1 Å². The number of aromatic nitrogens is 1. The molecule has 0 saturated carbocycles. The molecule has 0 spiro atoms. The number of β-amino-alcohol motifs (C(OH)–C–C–N with tert-alkyl or cyclic N) is 1. The van der Waals surface area contributed by atoms with Gasteiger partial charge in [0.25, 0.3) is 5.56 Å². The third-order valence-corrected chi connectivity index (χ3v) is 2.70. The molecule has 1 saturated heterocycles. The van der Waals surface area contributed by atoms with E-state index >= 15 is 0 Å². The van der Waals surface area contributed by atoms with E-state index in [0.29, 0.717) is 13.0 Å². The van der Waals surface area contributed by atoms with Crippen LogP contribution in [0, 0.1) is 0 Å². The molecule has 0 aliphatic carbocycles. The smallest absolute Gasteiger partial charge is 0.274 e. The molecule has 0 amide bonds. The fourth-order valence-corrected chi connectivity index (χ4v) is 1.84. The Kier molecular flexibility index (Phi) is 2.75. The fraction of sp³-hybridized carbons (Fsp3) is 0.500. The third kappa shape index (κ3) is 2.03. The summed E-state index contributed by atoms with van der Waals surface area (Å²) in [7, 11) is 0. The standard InChI is InChI=1S/C10H15N3O2/c11-8-2-1-5-13(10(8)15)9-4-3-7(14)6-12-9/h1-2,5,7,9,12,14H,3-4,6,11H2/t7-,9-/m0/s1. The van der Waals surface area contributed by atoms with E-state index in [2.05, 4.69) is 5.32 Å². The second kappa shape index (κ2) is 4.04. The van der Waals surface area contributed by atoms with Crippen LogP contribution in [-0.4, -0.2) is 22.3 Å². The average molecular weight is 209 g/mol. The number of nitrogen functional groups attached to an aromatic ring is 1. The van der Waals surface area contributed by atoms with Gasteiger partial charge in [-0.05, 0) is 25.0 Å². The van der Waals surface area contributed by atoms with Crippen molar-refractivity contribution in [3.05, 3.63) is 28.7 Å². The highest BCUT2D eigenvalue weighted by Crippen LogP contribution is 2.15. The molecule has 0 unspecified atom stereocenters. The Bertz CT molecular complexity index is 394. The quantitative estimate of drug-likeness (QED) is 0.592. The Morgan fingerprint density at radius 1 is 1.53 bits per heavy atom. The molecule has 0 radical (unpaired) electrons. The number of nitrogens with two attached hydrogens (primary N) is 1. The molecule has 4 N–H and O–H groups in total. The van der Waals surface area contributed by atoms with Crippen molar-refractivity contribution in [3.63, 3.8) is 0 Å². The van der Waals surface area contributed by atoms with E-state index in [1.54, 1.807) is 22.9 Å². The second-order valence-electron chi connectivity index (χ2n) is 3.83. The lowest BCUT2D eigenvalue weighted by Crippen LogP contribution is -2.42. The Labute approximate surface area is 87.5 Å². The van der Waals surface area contributed by atoms with Crippen molar-refractivity contribution >= 4 is 5.69 Å². The van der Waals surface area contributed by atoms with Crippen LogP contribution in [0.25, 0.3) is 0 Å². The van der Waals surface area contributed by atoms with Crippen LogP contribution in [0.4, 0.5) is 5.69 Å². The zero-order valence-corrected chi connectivity index (χ0v) is 8.39. The van der Waals surface area contributed by atoms with E-state index in [1.807, 2.05) is 0 Å². The van der Waals surface area contributed by atoms with Crippen molar-refractivity contribution in [2.45, 2.75) is 25.1 Å². The highest BCUT2D eigenvalue weighted by molar-refractivity contribution is 5.33. The van der Waals surface area contributed by atoms with E-state index < -0.39 is 0 Å². The van der Waals surface area contributed by atoms with Crippen molar-refractivity contribution in [2.75, 3.05) is 12.3 Å². The summed E-state index contributed by atoms with van der Waals surface area (Å²) >= 11 is 0. The number of aliphatic hydroxyl groups is 1. The molecule has 2 rings (SSSR count). The summed E-state index contributed by atoms with van der Waals surface area (Å²) in [6.45, 7) is 0.520. The minimum Gasteiger partial charge on any atom is -0.394 e. The lowest BCUT2D eigenvalue weighted by molar-refractivity contribution is 0.111. The average Bonchev–Trinajstić information content (AvgIpc) is 2.24. The molecule has 1 aliphatic heterocycles. The first-order chi connectivity index (χ1) is 7.18. The molecule has 1 aromatic heterocycles. The van der Waals surface area contributed by atoms with Crippen molar-refractivity contribution in [3.8, 4) is 0 Å². The maximum Gasteiger partial charge on any atom is 0.274 e. The molecule has 1 fully saturated rings. The first-order valence-electron chi connectivity index (χ1n) is 5.06. The molecule has 2 atom stereocenters. The minimum atomic E-state index is -0.307. The van der Waals surface area contributed by atoms with Crippen molar-refractivity contribution in [1.82, 2.24) is 9.88 Å². The van der Waals surface area contributed by atoms with Crippen LogP contribution in [0.5, 0.6) is 0 Å². The van der Waals surface area contributed by atoms with E-state index in [1.165, 1.54) is 0 Å². The van der Waals surface area contributed by atoms with Gasteiger partial charge < -0.3 is 10.8 Å². The van der Waals surface area contributed by atoms with Crippen LogP contribution in [-0.2, 0) is 0 Å². The number of nitrogens with zero attached hydrogens (tertiary/aromatic N) is 1. The van der Waals surface area contributed by atoms with Gasteiger partial charge in [0.15, 0.2) is 0 Å². The summed E-state index contributed by atoms with van der Waals surface area (Å²) < 4.78 is 1.58. The predicted octanol–water partition coefficient (Wildman–Crippen LogP) is -0.327. The van der Waals surface area contributed by atoms with Crippen molar-refractivity contribution in [1.29, 1.82) is 0 Å². The molecule has 5 heteroatoms. The molecule has 2 heterocycles. The zero-order chi connectivity index (χ0) is 10.8. The van der Waals surface area contributed by atoms with Crippen LogP contribution in [0.1, 0.15) is 19.0 Å². The van der Waals surface area contributed by atoms with Gasteiger partial charge in [0.05, 0.1) is 18.0 Å². The second-order valence-corrected chi connectivity index (χ2v) is 3.83. The highest BCUT2D eigenvalue weighted by Gasteiger charge is 2.20. The van der Waals surface area contributed by atoms with Crippen LogP contribution in [0.3, 0.4) is 0 Å². The molecule has 1 aromatic rings. The van der Waals surface area contributed by atoms with Crippen molar-refractivity contribution < 1.29 is 5.11 Å². The van der Waals surface area contributed by atoms with E-state index in [-0.39, 0.29) is 23.5 Å². The van der Waals surface area contributed by atoms with E-state index in [4.69, 9.17) is 5.73 Å². The number of piperidine rings is 1. The molecule has 0 aromatic carbocycles. The van der Waals surface area contributed by atoms with Gasteiger partial charge >= 0.3 is 0 Å². The van der Waals surface area contributed by atoms with Gasteiger partial charge in [-0.15, -0.1) is 0 Å². The summed E-state index contributed by atoms with van der Waals surface area (Å²) in [5.74, 6) is 0. The van der Waals surface area contributed by atoms with E-state index in [9.17, 15) is 9.90 Å². The summed E-state index contributed by atoms with van der Waals surface area (Å²) in [5, 5.41) is 12.4. The number of anilines is 1. The van der Waals surface area contributed by atoms with Gasteiger partial charge in [-0.2, -0.15) is 0 Å².